The number of hydrogen-bond donors (Lipinski definition) is 2. The van der Waals surface area contributed by atoms with Crippen LogP contribution in [0.4, 0.5) is 5.69 Å². The van der Waals surface area contributed by atoms with E-state index in [0.717, 1.165) is 30.5 Å². The Morgan fingerprint density at radius 3 is 2.32 bits per heavy atom. The molecule has 2 N–H and O–H groups in total. The van der Waals surface area contributed by atoms with E-state index in [1.54, 1.807) is 0 Å². The molecule has 0 spiro atoms. The molecule has 0 saturated heterocycles. The number of benzene rings is 2. The summed E-state index contributed by atoms with van der Waals surface area (Å²) in [5, 5.41) is 2.91. The van der Waals surface area contributed by atoms with E-state index in [9.17, 15) is 9.59 Å². The first-order valence-corrected chi connectivity index (χ1v) is 9.56. The molecule has 0 saturated carbocycles. The molecule has 0 radical (unpaired) electrons. The maximum Gasteiger partial charge on any atom is 0.251 e. The number of hydrogen-bond acceptors (Lipinski definition) is 4. The van der Waals surface area contributed by atoms with Gasteiger partial charge in [-0.05, 0) is 42.7 Å². The van der Waals surface area contributed by atoms with Crippen molar-refractivity contribution in [3.05, 3.63) is 65.7 Å². The first-order chi connectivity index (χ1) is 13.6. The van der Waals surface area contributed by atoms with Crippen molar-refractivity contribution in [1.29, 1.82) is 0 Å². The number of carbonyl (C=O) groups excluding carboxylic acids is 2. The Hall–Kier alpha value is -2.86. The predicted molar refractivity (Wildman–Crippen MR) is 111 cm³/mol. The summed E-state index contributed by atoms with van der Waals surface area (Å²) in [5.41, 5.74) is 5.18. The van der Waals surface area contributed by atoms with E-state index in [4.69, 9.17) is 4.84 Å². The highest BCUT2D eigenvalue weighted by molar-refractivity contribution is 5.94. The number of nitrogens with one attached hydrogen (secondary N) is 2. The fraction of sp³-hybridized carbons (Fsp3) is 0.364. The van der Waals surface area contributed by atoms with Gasteiger partial charge in [-0.1, -0.05) is 36.8 Å². The number of unbranched alkanes of at least 4 members (excludes halogenated alkanes) is 2. The van der Waals surface area contributed by atoms with Crippen molar-refractivity contribution in [2.45, 2.75) is 32.3 Å². The van der Waals surface area contributed by atoms with E-state index in [-0.39, 0.29) is 11.8 Å². The van der Waals surface area contributed by atoms with Crippen molar-refractivity contribution in [3.63, 3.8) is 0 Å². The minimum absolute atomic E-state index is 0.0719. The lowest BCUT2D eigenvalue weighted by Crippen LogP contribution is -2.25. The first kappa shape index (κ1) is 21.4. The van der Waals surface area contributed by atoms with Gasteiger partial charge in [0.1, 0.15) is 0 Å². The fourth-order valence-electron chi connectivity index (χ4n) is 2.63. The third-order valence-electron chi connectivity index (χ3n) is 4.28. The van der Waals surface area contributed by atoms with Crippen LogP contribution in [-0.4, -0.2) is 32.5 Å². The molecular weight excluding hydrogens is 354 g/mol. The fourth-order valence-corrected chi connectivity index (χ4v) is 2.63. The normalized spacial score (nSPS) is 10.4. The van der Waals surface area contributed by atoms with Crippen LogP contribution in [0.3, 0.4) is 0 Å². The van der Waals surface area contributed by atoms with Gasteiger partial charge in [0.15, 0.2) is 0 Å². The number of carbonyl (C=O) groups is 2. The second kappa shape index (κ2) is 11.8. The van der Waals surface area contributed by atoms with Gasteiger partial charge in [-0.2, -0.15) is 0 Å². The lowest BCUT2D eigenvalue weighted by molar-refractivity contribution is -0.134. The van der Waals surface area contributed by atoms with Crippen LogP contribution >= 0.6 is 0 Å². The Kier molecular flexibility index (Phi) is 9.01. The van der Waals surface area contributed by atoms with Gasteiger partial charge in [0.25, 0.3) is 5.91 Å². The van der Waals surface area contributed by atoms with E-state index in [0.29, 0.717) is 25.1 Å². The Bertz CT molecular complexity index is 730. The molecule has 2 aromatic rings. The summed E-state index contributed by atoms with van der Waals surface area (Å²) in [7, 11) is 3.93. The molecule has 0 bridgehead atoms. The summed E-state index contributed by atoms with van der Waals surface area (Å²) in [5.74, 6) is -0.196. The second-order valence-corrected chi connectivity index (χ2v) is 6.81. The van der Waals surface area contributed by atoms with Crippen LogP contribution in [0.25, 0.3) is 0 Å². The SMILES string of the molecule is CN(C)c1ccc(C(=O)NCCCCCC(=O)NOCc2ccccc2)cc1. The van der Waals surface area contributed by atoms with Crippen molar-refractivity contribution in [2.75, 3.05) is 25.5 Å². The van der Waals surface area contributed by atoms with Crippen LogP contribution in [0, 0.1) is 0 Å². The summed E-state index contributed by atoms with van der Waals surface area (Å²) < 4.78 is 0. The standard InChI is InChI=1S/C22H29N3O3/c1-25(2)20-14-12-19(13-15-20)22(27)23-16-8-4-7-11-21(26)24-28-17-18-9-5-3-6-10-18/h3,5-6,9-10,12-15H,4,7-8,11,16-17H2,1-2H3,(H,23,27)(H,24,26). The molecule has 150 valence electrons. The highest BCUT2D eigenvalue weighted by Crippen LogP contribution is 2.12. The minimum atomic E-state index is -0.124. The molecule has 6 nitrogen and oxygen atoms in total. The molecule has 28 heavy (non-hydrogen) atoms. The molecular formula is C22H29N3O3. The number of anilines is 1. The second-order valence-electron chi connectivity index (χ2n) is 6.81. The van der Waals surface area contributed by atoms with E-state index in [1.807, 2.05) is 73.6 Å². The zero-order valence-corrected chi connectivity index (χ0v) is 16.6. The Balaban J connectivity index is 1.51. The minimum Gasteiger partial charge on any atom is -0.378 e. The highest BCUT2D eigenvalue weighted by Gasteiger charge is 2.06. The van der Waals surface area contributed by atoms with E-state index < -0.39 is 0 Å². The van der Waals surface area contributed by atoms with Crippen molar-refractivity contribution >= 4 is 17.5 Å². The maximum absolute atomic E-state index is 12.1. The smallest absolute Gasteiger partial charge is 0.251 e. The summed E-state index contributed by atoms with van der Waals surface area (Å²) in [6, 6.07) is 17.2. The van der Waals surface area contributed by atoms with Gasteiger partial charge in [0, 0.05) is 38.3 Å². The van der Waals surface area contributed by atoms with Gasteiger partial charge in [0.05, 0.1) is 6.61 Å². The first-order valence-electron chi connectivity index (χ1n) is 9.56. The van der Waals surface area contributed by atoms with Crippen molar-refractivity contribution in [3.8, 4) is 0 Å². The number of rotatable bonds is 11. The largest absolute Gasteiger partial charge is 0.378 e. The zero-order valence-electron chi connectivity index (χ0n) is 16.6. The third-order valence-corrected chi connectivity index (χ3v) is 4.28. The lowest BCUT2D eigenvalue weighted by Gasteiger charge is -2.12. The summed E-state index contributed by atoms with van der Waals surface area (Å²) in [6.45, 7) is 0.953. The molecule has 0 fully saturated rings. The molecule has 2 aromatic carbocycles. The summed E-state index contributed by atoms with van der Waals surface area (Å²) in [4.78, 5) is 31.0. The molecule has 0 aliphatic carbocycles. The Labute approximate surface area is 166 Å². The van der Waals surface area contributed by atoms with Gasteiger partial charge >= 0.3 is 0 Å². The number of nitrogens with zero attached hydrogens (tertiary/aromatic N) is 1. The highest BCUT2D eigenvalue weighted by atomic mass is 16.6. The third kappa shape index (κ3) is 7.80. The molecule has 0 atom stereocenters. The zero-order chi connectivity index (χ0) is 20.2. The monoisotopic (exact) mass is 383 g/mol. The van der Waals surface area contributed by atoms with Crippen LogP contribution in [0.15, 0.2) is 54.6 Å². The molecule has 6 heteroatoms. The van der Waals surface area contributed by atoms with E-state index in [1.165, 1.54) is 0 Å². The van der Waals surface area contributed by atoms with Crippen molar-refractivity contribution in [1.82, 2.24) is 10.8 Å². The number of amides is 2. The average Bonchev–Trinajstić information content (AvgIpc) is 2.71. The average molecular weight is 383 g/mol. The van der Waals surface area contributed by atoms with Crippen molar-refractivity contribution < 1.29 is 14.4 Å². The Morgan fingerprint density at radius 2 is 1.64 bits per heavy atom. The van der Waals surface area contributed by atoms with Gasteiger partial charge in [-0.25, -0.2) is 5.48 Å². The van der Waals surface area contributed by atoms with Crippen LogP contribution in [-0.2, 0) is 16.2 Å². The van der Waals surface area contributed by atoms with Crippen LogP contribution in [0.1, 0.15) is 41.6 Å². The molecule has 0 aliphatic heterocycles. The summed E-state index contributed by atoms with van der Waals surface area (Å²) in [6.07, 6.45) is 2.87. The molecule has 0 aliphatic rings. The van der Waals surface area contributed by atoms with Crippen LogP contribution < -0.4 is 15.7 Å². The lowest BCUT2D eigenvalue weighted by atomic mass is 10.1. The predicted octanol–water partition coefficient (Wildman–Crippen LogP) is 3.29. The molecule has 0 aromatic heterocycles. The topological polar surface area (TPSA) is 70.7 Å². The Morgan fingerprint density at radius 1 is 0.929 bits per heavy atom. The van der Waals surface area contributed by atoms with Gasteiger partial charge in [-0.3, -0.25) is 14.4 Å². The quantitative estimate of drug-likeness (QED) is 0.461. The maximum atomic E-state index is 12.1. The van der Waals surface area contributed by atoms with E-state index >= 15 is 0 Å². The van der Waals surface area contributed by atoms with Gasteiger partial charge in [0.2, 0.25) is 5.91 Å². The molecule has 2 rings (SSSR count). The van der Waals surface area contributed by atoms with Crippen molar-refractivity contribution in [2.24, 2.45) is 0 Å². The van der Waals surface area contributed by atoms with Crippen LogP contribution in [0.2, 0.25) is 0 Å². The number of hydroxylamine groups is 1. The van der Waals surface area contributed by atoms with Crippen LogP contribution in [0.5, 0.6) is 0 Å². The van der Waals surface area contributed by atoms with E-state index in [2.05, 4.69) is 10.8 Å². The molecule has 0 unspecified atom stereocenters. The molecule has 0 heterocycles. The molecule has 2 amide bonds. The summed E-state index contributed by atoms with van der Waals surface area (Å²) >= 11 is 0. The van der Waals surface area contributed by atoms with Gasteiger partial charge < -0.3 is 10.2 Å². The van der Waals surface area contributed by atoms with Gasteiger partial charge in [-0.15, -0.1) is 0 Å².